The number of nitrogens with one attached hydrogen (secondary N) is 1. The van der Waals surface area contributed by atoms with Gasteiger partial charge in [-0.05, 0) is 27.7 Å². The van der Waals surface area contributed by atoms with E-state index in [0.717, 1.165) is 0 Å². The Morgan fingerprint density at radius 2 is 2.12 bits per heavy atom. The lowest BCUT2D eigenvalue weighted by molar-refractivity contribution is -0.132. The summed E-state index contributed by atoms with van der Waals surface area (Å²) in [6.45, 7) is 7.64. The van der Waals surface area contributed by atoms with Gasteiger partial charge in [0.15, 0.2) is 5.76 Å². The number of nitrogens with zero attached hydrogens (tertiary/aromatic N) is 1. The number of aromatic nitrogens is 1. The van der Waals surface area contributed by atoms with Crippen LogP contribution in [0.3, 0.4) is 0 Å². The second-order valence-electron chi connectivity index (χ2n) is 5.01. The summed E-state index contributed by atoms with van der Waals surface area (Å²) in [7, 11) is 0. The Labute approximate surface area is 95.4 Å². The van der Waals surface area contributed by atoms with Crippen molar-refractivity contribution in [3.8, 4) is 0 Å². The van der Waals surface area contributed by atoms with E-state index in [0.29, 0.717) is 12.3 Å². The molecule has 0 radical (unpaired) electrons. The maximum Gasteiger partial charge on any atom is 0.227 e. The molecule has 0 aromatic carbocycles. The minimum Gasteiger partial charge on any atom is -0.360 e. The van der Waals surface area contributed by atoms with E-state index in [4.69, 9.17) is 10.3 Å². The molecule has 1 aromatic heterocycles. The number of amides is 1. The molecule has 1 rings (SSSR count). The van der Waals surface area contributed by atoms with E-state index < -0.39 is 11.0 Å². The fourth-order valence-electron chi connectivity index (χ4n) is 1.01. The molecule has 5 nitrogen and oxygen atoms in total. The van der Waals surface area contributed by atoms with Crippen molar-refractivity contribution in [1.29, 1.82) is 0 Å². The first kappa shape index (κ1) is 12.7. The van der Waals surface area contributed by atoms with Gasteiger partial charge < -0.3 is 15.6 Å². The molecule has 1 heterocycles. The first-order valence-electron chi connectivity index (χ1n) is 5.22. The topological polar surface area (TPSA) is 81.2 Å². The first-order chi connectivity index (χ1) is 7.25. The van der Waals surface area contributed by atoms with E-state index in [9.17, 15) is 4.79 Å². The summed E-state index contributed by atoms with van der Waals surface area (Å²) in [4.78, 5) is 12.0. The van der Waals surface area contributed by atoms with Gasteiger partial charge in [0.1, 0.15) is 0 Å². The molecule has 1 aromatic rings. The minimum absolute atomic E-state index is 0.101. The highest BCUT2D eigenvalue weighted by Crippen LogP contribution is 2.28. The molecule has 16 heavy (non-hydrogen) atoms. The van der Waals surface area contributed by atoms with Crippen LogP contribution in [0.2, 0.25) is 0 Å². The third-order valence-corrected chi connectivity index (χ3v) is 3.09. The van der Waals surface area contributed by atoms with Gasteiger partial charge in [-0.3, -0.25) is 4.79 Å². The Hall–Kier alpha value is -1.36. The molecule has 1 amide bonds. The molecule has 0 atom stereocenters. The van der Waals surface area contributed by atoms with E-state index in [1.807, 2.05) is 27.7 Å². The molecule has 0 aliphatic carbocycles. The number of rotatable bonds is 4. The highest BCUT2D eigenvalue weighted by atomic mass is 16.5. The van der Waals surface area contributed by atoms with Crippen molar-refractivity contribution in [1.82, 2.24) is 10.5 Å². The number of carbonyl (C=O) groups excluding carboxylic acids is 1. The molecule has 0 aliphatic heterocycles. The first-order valence-corrected chi connectivity index (χ1v) is 5.22. The van der Waals surface area contributed by atoms with Crippen molar-refractivity contribution < 1.29 is 9.32 Å². The summed E-state index contributed by atoms with van der Waals surface area (Å²) in [6, 6.07) is 1.71. The fourth-order valence-corrected chi connectivity index (χ4v) is 1.01. The van der Waals surface area contributed by atoms with Gasteiger partial charge in [-0.2, -0.15) is 0 Å². The Morgan fingerprint density at radius 1 is 1.50 bits per heavy atom. The largest absolute Gasteiger partial charge is 0.360 e. The minimum atomic E-state index is -0.646. The van der Waals surface area contributed by atoms with Crippen molar-refractivity contribution in [2.24, 2.45) is 11.1 Å². The quantitative estimate of drug-likeness (QED) is 0.802. The molecule has 90 valence electrons. The lowest BCUT2D eigenvalue weighted by Gasteiger charge is -2.36. The normalized spacial score (nSPS) is 12.6. The predicted molar refractivity (Wildman–Crippen MR) is 60.4 cm³/mol. The van der Waals surface area contributed by atoms with Crippen LogP contribution in [0.4, 0.5) is 0 Å². The van der Waals surface area contributed by atoms with E-state index in [-0.39, 0.29) is 5.91 Å². The average Bonchev–Trinajstić information content (AvgIpc) is 2.64. The number of carbonyl (C=O) groups is 1. The van der Waals surface area contributed by atoms with Crippen LogP contribution in [0.5, 0.6) is 0 Å². The molecule has 5 heteroatoms. The molecule has 0 bridgehead atoms. The number of hydrogen-bond donors (Lipinski definition) is 2. The van der Waals surface area contributed by atoms with Gasteiger partial charge in [-0.15, -0.1) is 0 Å². The van der Waals surface area contributed by atoms with Crippen molar-refractivity contribution >= 4 is 5.91 Å². The Kier molecular flexibility index (Phi) is 3.38. The average molecular weight is 225 g/mol. The fraction of sp³-hybridized carbons (Fsp3) is 0.636. The molecule has 0 unspecified atom stereocenters. The predicted octanol–water partition coefficient (Wildman–Crippen LogP) is 1.05. The zero-order chi connectivity index (χ0) is 12.4. The van der Waals surface area contributed by atoms with Gasteiger partial charge in [0, 0.05) is 11.6 Å². The van der Waals surface area contributed by atoms with Crippen LogP contribution in [-0.4, -0.2) is 16.6 Å². The van der Waals surface area contributed by atoms with Crippen LogP contribution in [0.1, 0.15) is 33.5 Å². The monoisotopic (exact) mass is 225 g/mol. The second kappa shape index (κ2) is 4.25. The maximum atomic E-state index is 12.0. The van der Waals surface area contributed by atoms with Crippen molar-refractivity contribution in [3.05, 3.63) is 18.0 Å². The zero-order valence-electron chi connectivity index (χ0n) is 10.2. The molecule has 0 saturated heterocycles. The lowest BCUT2D eigenvalue weighted by Crippen LogP contribution is -2.55. The third kappa shape index (κ3) is 2.61. The van der Waals surface area contributed by atoms with Gasteiger partial charge >= 0.3 is 0 Å². The number of nitrogens with two attached hydrogens (primary N) is 1. The summed E-state index contributed by atoms with van der Waals surface area (Å²) in [6.07, 6.45) is 1.54. The Morgan fingerprint density at radius 3 is 2.56 bits per heavy atom. The van der Waals surface area contributed by atoms with Crippen LogP contribution in [0.15, 0.2) is 16.8 Å². The van der Waals surface area contributed by atoms with Gasteiger partial charge in [0.2, 0.25) is 5.91 Å². The van der Waals surface area contributed by atoms with Crippen LogP contribution in [0, 0.1) is 5.41 Å². The van der Waals surface area contributed by atoms with Crippen LogP contribution < -0.4 is 11.1 Å². The molecule has 0 saturated carbocycles. The van der Waals surface area contributed by atoms with Crippen LogP contribution in [-0.2, 0) is 11.3 Å². The van der Waals surface area contributed by atoms with E-state index in [2.05, 4.69) is 10.5 Å². The van der Waals surface area contributed by atoms with Gasteiger partial charge in [0.05, 0.1) is 18.2 Å². The maximum absolute atomic E-state index is 12.0. The molecule has 0 spiro atoms. The highest BCUT2D eigenvalue weighted by molar-refractivity contribution is 5.83. The zero-order valence-corrected chi connectivity index (χ0v) is 10.2. The summed E-state index contributed by atoms with van der Waals surface area (Å²) >= 11 is 0. The molecule has 0 fully saturated rings. The Balaban J connectivity index is 2.59. The number of hydrogen-bond acceptors (Lipinski definition) is 4. The van der Waals surface area contributed by atoms with Crippen LogP contribution in [0.25, 0.3) is 0 Å². The van der Waals surface area contributed by atoms with Crippen LogP contribution >= 0.6 is 0 Å². The molecular weight excluding hydrogens is 206 g/mol. The molecular formula is C11H19N3O2. The molecule has 3 N–H and O–H groups in total. The summed E-state index contributed by atoms with van der Waals surface area (Å²) in [5, 5.41) is 6.34. The van der Waals surface area contributed by atoms with Gasteiger partial charge in [-0.1, -0.05) is 5.16 Å². The van der Waals surface area contributed by atoms with E-state index >= 15 is 0 Å². The molecule has 0 aliphatic rings. The van der Waals surface area contributed by atoms with Gasteiger partial charge in [-0.25, -0.2) is 0 Å². The SMILES string of the molecule is CC(C)(N)C(C)(C)C(=O)NCc1ccno1. The van der Waals surface area contributed by atoms with E-state index in [1.54, 1.807) is 12.3 Å². The summed E-state index contributed by atoms with van der Waals surface area (Å²) in [5.41, 5.74) is 4.74. The standard InChI is InChI=1S/C11H19N3O2/c1-10(2,11(3,4)12)9(15)13-7-8-5-6-14-16-8/h5-6H,7,12H2,1-4H3,(H,13,15). The summed E-state index contributed by atoms with van der Waals surface area (Å²) in [5.74, 6) is 0.523. The van der Waals surface area contributed by atoms with Gasteiger partial charge in [0.25, 0.3) is 0 Å². The van der Waals surface area contributed by atoms with Crippen molar-refractivity contribution in [2.75, 3.05) is 0 Å². The van der Waals surface area contributed by atoms with E-state index in [1.165, 1.54) is 0 Å². The summed E-state index contributed by atoms with van der Waals surface area (Å²) < 4.78 is 4.89. The lowest BCUT2D eigenvalue weighted by atomic mass is 9.74. The highest BCUT2D eigenvalue weighted by Gasteiger charge is 2.40. The Bertz CT molecular complexity index is 350. The smallest absolute Gasteiger partial charge is 0.227 e. The van der Waals surface area contributed by atoms with Crippen molar-refractivity contribution in [2.45, 2.75) is 39.8 Å². The third-order valence-electron chi connectivity index (χ3n) is 3.09. The van der Waals surface area contributed by atoms with Crippen molar-refractivity contribution in [3.63, 3.8) is 0 Å². The second-order valence-corrected chi connectivity index (χ2v) is 5.01.